The highest BCUT2D eigenvalue weighted by molar-refractivity contribution is 5.86. The minimum atomic E-state index is -0.925. The lowest BCUT2D eigenvalue weighted by Crippen LogP contribution is -2.48. The summed E-state index contributed by atoms with van der Waals surface area (Å²) < 4.78 is 9.87. The van der Waals surface area contributed by atoms with Crippen LogP contribution in [-0.2, 0) is 25.6 Å². The van der Waals surface area contributed by atoms with Crippen LogP contribution in [0.3, 0.4) is 0 Å². The molecular formula is C23H36N4O5. The first kappa shape index (κ1) is 25.4. The molecule has 0 saturated carbocycles. The Hall–Kier alpha value is -2.84. The van der Waals surface area contributed by atoms with Crippen LogP contribution in [0.15, 0.2) is 18.3 Å². The summed E-state index contributed by atoms with van der Waals surface area (Å²) in [6, 6.07) is 2.97. The van der Waals surface area contributed by atoms with Crippen LogP contribution in [0, 0.1) is 5.92 Å². The van der Waals surface area contributed by atoms with E-state index in [1.54, 1.807) is 27.0 Å². The fraction of sp³-hybridized carbons (Fsp3) is 0.652. The van der Waals surface area contributed by atoms with Crippen molar-refractivity contribution in [3.8, 4) is 0 Å². The number of carbonyl (C=O) groups excluding carboxylic acids is 3. The molecule has 0 radical (unpaired) electrons. The van der Waals surface area contributed by atoms with E-state index in [1.165, 1.54) is 7.11 Å². The van der Waals surface area contributed by atoms with Gasteiger partial charge < -0.3 is 25.0 Å². The number of piperidine rings is 1. The Balaban J connectivity index is 1.92. The van der Waals surface area contributed by atoms with E-state index in [4.69, 9.17) is 4.74 Å². The van der Waals surface area contributed by atoms with Crippen LogP contribution >= 0.6 is 0 Å². The summed E-state index contributed by atoms with van der Waals surface area (Å²) in [6.07, 6.45) is 3.45. The van der Waals surface area contributed by atoms with Gasteiger partial charge in [-0.25, -0.2) is 9.78 Å². The van der Waals surface area contributed by atoms with Crippen molar-refractivity contribution in [2.75, 3.05) is 25.1 Å². The third kappa shape index (κ3) is 8.72. The molecule has 0 spiro atoms. The fourth-order valence-corrected chi connectivity index (χ4v) is 3.34. The van der Waals surface area contributed by atoms with Crippen LogP contribution in [0.25, 0.3) is 0 Å². The zero-order valence-electron chi connectivity index (χ0n) is 19.8. The molecule has 32 heavy (non-hydrogen) atoms. The standard InChI is InChI=1S/C23H36N4O5/c1-16-10-12-27(13-11-16)19-8-6-17(14-24-19)15-25-21(29)18(7-9-20(28)31-5)26-22(30)32-23(2,3)4/h6,8,14,16,18H,7,9-13,15H2,1-5H3,(H,25,29)(H,26,30). The number of ether oxygens (including phenoxy) is 2. The summed E-state index contributed by atoms with van der Waals surface area (Å²) in [5, 5.41) is 5.34. The summed E-state index contributed by atoms with van der Waals surface area (Å²) in [4.78, 5) is 43.1. The van der Waals surface area contributed by atoms with E-state index in [0.29, 0.717) is 0 Å². The van der Waals surface area contributed by atoms with Crippen LogP contribution < -0.4 is 15.5 Å². The molecule has 0 bridgehead atoms. The summed E-state index contributed by atoms with van der Waals surface area (Å²) in [5.74, 6) is 0.825. The molecule has 9 nitrogen and oxygen atoms in total. The Morgan fingerprint density at radius 1 is 1.22 bits per heavy atom. The minimum absolute atomic E-state index is 0.00487. The van der Waals surface area contributed by atoms with Crippen LogP contribution in [0.5, 0.6) is 0 Å². The lowest BCUT2D eigenvalue weighted by Gasteiger charge is -2.31. The molecular weight excluding hydrogens is 412 g/mol. The van der Waals surface area contributed by atoms with Gasteiger partial charge in [-0.05, 0) is 57.6 Å². The smallest absolute Gasteiger partial charge is 0.408 e. The molecule has 178 valence electrons. The molecule has 2 rings (SSSR count). The average Bonchev–Trinajstić information content (AvgIpc) is 2.74. The van der Waals surface area contributed by atoms with Crippen molar-refractivity contribution in [1.82, 2.24) is 15.6 Å². The maximum atomic E-state index is 12.7. The zero-order valence-corrected chi connectivity index (χ0v) is 19.8. The number of hydrogen-bond donors (Lipinski definition) is 2. The second-order valence-corrected chi connectivity index (χ2v) is 9.23. The second kappa shape index (κ2) is 11.7. The molecule has 1 aromatic rings. The highest BCUT2D eigenvalue weighted by Gasteiger charge is 2.25. The molecule has 1 aliphatic rings. The van der Waals surface area contributed by atoms with Crippen LogP contribution in [0.4, 0.5) is 10.6 Å². The molecule has 1 saturated heterocycles. The lowest BCUT2D eigenvalue weighted by atomic mass is 9.99. The van der Waals surface area contributed by atoms with Crippen LogP contribution in [0.1, 0.15) is 58.9 Å². The Kier molecular flexibility index (Phi) is 9.28. The molecule has 1 unspecified atom stereocenters. The number of carbonyl (C=O) groups is 3. The summed E-state index contributed by atoms with van der Waals surface area (Å²) in [6.45, 7) is 9.73. The van der Waals surface area contributed by atoms with Gasteiger partial charge in [0.2, 0.25) is 5.91 Å². The van der Waals surface area contributed by atoms with Crippen LogP contribution in [0.2, 0.25) is 0 Å². The van der Waals surface area contributed by atoms with E-state index in [1.807, 2.05) is 12.1 Å². The number of esters is 1. The van der Waals surface area contributed by atoms with Gasteiger partial charge >= 0.3 is 12.1 Å². The maximum absolute atomic E-state index is 12.7. The topological polar surface area (TPSA) is 110 Å². The number of hydrogen-bond acceptors (Lipinski definition) is 7. The lowest BCUT2D eigenvalue weighted by molar-refractivity contribution is -0.141. The van der Waals surface area contributed by atoms with Gasteiger partial charge in [-0.15, -0.1) is 0 Å². The van der Waals surface area contributed by atoms with E-state index in [0.717, 1.165) is 43.2 Å². The molecule has 2 N–H and O–H groups in total. The Labute approximate surface area is 190 Å². The average molecular weight is 449 g/mol. The number of aromatic nitrogens is 1. The first-order valence-electron chi connectivity index (χ1n) is 11.1. The van der Waals surface area contributed by atoms with Gasteiger partial charge in [-0.2, -0.15) is 0 Å². The second-order valence-electron chi connectivity index (χ2n) is 9.23. The molecule has 9 heteroatoms. The van der Waals surface area contributed by atoms with Gasteiger partial charge in [0.05, 0.1) is 7.11 Å². The van der Waals surface area contributed by atoms with Crippen molar-refractivity contribution in [2.24, 2.45) is 5.92 Å². The third-order valence-electron chi connectivity index (χ3n) is 5.26. The molecule has 0 aromatic carbocycles. The fourth-order valence-electron chi connectivity index (χ4n) is 3.34. The van der Waals surface area contributed by atoms with Gasteiger partial charge in [-0.3, -0.25) is 9.59 Å². The number of amides is 2. The molecule has 1 aromatic heterocycles. The molecule has 1 aliphatic heterocycles. The van der Waals surface area contributed by atoms with Gasteiger partial charge in [0.25, 0.3) is 0 Å². The van der Waals surface area contributed by atoms with Gasteiger partial charge in [0.15, 0.2) is 0 Å². The number of alkyl carbamates (subject to hydrolysis) is 1. The zero-order chi connectivity index (χ0) is 23.7. The molecule has 2 heterocycles. The highest BCUT2D eigenvalue weighted by atomic mass is 16.6. The summed E-state index contributed by atoms with van der Waals surface area (Å²) >= 11 is 0. The molecule has 1 fully saturated rings. The van der Waals surface area contributed by atoms with Gasteiger partial charge in [0, 0.05) is 32.3 Å². The van der Waals surface area contributed by atoms with Crippen molar-refractivity contribution in [1.29, 1.82) is 0 Å². The minimum Gasteiger partial charge on any atom is -0.469 e. The van der Waals surface area contributed by atoms with E-state index in [-0.39, 0.29) is 19.4 Å². The van der Waals surface area contributed by atoms with Crippen LogP contribution in [-0.4, -0.2) is 54.8 Å². The molecule has 2 amide bonds. The van der Waals surface area contributed by atoms with E-state index in [2.05, 4.69) is 32.2 Å². The number of pyridine rings is 1. The Morgan fingerprint density at radius 3 is 2.47 bits per heavy atom. The quantitative estimate of drug-likeness (QED) is 0.589. The predicted molar refractivity (Wildman–Crippen MR) is 121 cm³/mol. The summed E-state index contributed by atoms with van der Waals surface area (Å²) in [5.41, 5.74) is 0.143. The molecule has 1 atom stereocenters. The van der Waals surface area contributed by atoms with E-state index in [9.17, 15) is 14.4 Å². The van der Waals surface area contributed by atoms with Crippen molar-refractivity contribution >= 4 is 23.8 Å². The first-order valence-corrected chi connectivity index (χ1v) is 11.1. The first-order chi connectivity index (χ1) is 15.1. The van der Waals surface area contributed by atoms with Crippen molar-refractivity contribution in [3.63, 3.8) is 0 Å². The Morgan fingerprint density at radius 2 is 1.91 bits per heavy atom. The van der Waals surface area contributed by atoms with Crippen molar-refractivity contribution in [2.45, 2.75) is 71.6 Å². The Bertz CT molecular complexity index is 768. The monoisotopic (exact) mass is 448 g/mol. The third-order valence-corrected chi connectivity index (χ3v) is 5.26. The largest absolute Gasteiger partial charge is 0.469 e. The van der Waals surface area contributed by atoms with E-state index >= 15 is 0 Å². The number of rotatable bonds is 8. The molecule has 0 aliphatic carbocycles. The van der Waals surface area contributed by atoms with Gasteiger partial charge in [-0.1, -0.05) is 13.0 Å². The number of nitrogens with zero attached hydrogens (tertiary/aromatic N) is 2. The normalized spacial score (nSPS) is 15.6. The van der Waals surface area contributed by atoms with E-state index < -0.39 is 29.6 Å². The highest BCUT2D eigenvalue weighted by Crippen LogP contribution is 2.21. The summed E-state index contributed by atoms with van der Waals surface area (Å²) in [7, 11) is 1.28. The predicted octanol–water partition coefficient (Wildman–Crippen LogP) is 2.78. The SMILES string of the molecule is COC(=O)CCC(NC(=O)OC(C)(C)C)C(=O)NCc1ccc(N2CCC(C)CC2)nc1. The van der Waals surface area contributed by atoms with Crippen molar-refractivity contribution in [3.05, 3.63) is 23.9 Å². The number of nitrogens with one attached hydrogen (secondary N) is 2. The maximum Gasteiger partial charge on any atom is 0.408 e. The number of anilines is 1. The van der Waals surface area contributed by atoms with Crippen molar-refractivity contribution < 1.29 is 23.9 Å². The van der Waals surface area contributed by atoms with Gasteiger partial charge in [0.1, 0.15) is 17.5 Å². The number of methoxy groups -OCH3 is 1.